The molecular weight excluding hydrogens is 839 g/mol. The molecule has 0 bridgehead atoms. The van der Waals surface area contributed by atoms with E-state index in [0.717, 1.165) is 94.2 Å². The summed E-state index contributed by atoms with van der Waals surface area (Å²) in [5, 5.41) is 5.78. The first-order valence-electron chi connectivity index (χ1n) is 23.3. The van der Waals surface area contributed by atoms with Gasteiger partial charge in [-0.05, 0) is 81.7 Å². The maximum absolute atomic E-state index is 5.59. The van der Waals surface area contributed by atoms with Crippen LogP contribution in [0.3, 0.4) is 0 Å². The van der Waals surface area contributed by atoms with Crippen LogP contribution in [-0.4, -0.2) is 24.5 Å². The summed E-state index contributed by atoms with van der Waals surface area (Å²) in [6, 6.07) is 87.5. The lowest BCUT2D eigenvalue weighted by Crippen LogP contribution is -2.00. The van der Waals surface area contributed by atoms with Gasteiger partial charge in [0.05, 0.1) is 22.2 Å². The molecule has 0 fully saturated rings. The van der Waals surface area contributed by atoms with E-state index in [1.54, 1.807) is 0 Å². The number of hydrogen-bond donors (Lipinski definition) is 0. The van der Waals surface area contributed by atoms with E-state index < -0.39 is 0 Å². The Balaban J connectivity index is 0.974. The van der Waals surface area contributed by atoms with Crippen LogP contribution in [0.5, 0.6) is 0 Å². The van der Waals surface area contributed by atoms with Crippen molar-refractivity contribution in [3.8, 4) is 84.5 Å². The maximum atomic E-state index is 5.59. The molecule has 3 aromatic heterocycles. The van der Waals surface area contributed by atoms with Gasteiger partial charge in [0.25, 0.3) is 0 Å². The summed E-state index contributed by atoms with van der Waals surface area (Å²) >= 11 is 0. The number of aromatic nitrogens is 5. The summed E-state index contributed by atoms with van der Waals surface area (Å²) in [6.45, 7) is 0. The second kappa shape index (κ2) is 16.8. The number of para-hydroxylation sites is 3. The molecule has 0 saturated carbocycles. The Hall–Kier alpha value is -9.32. The molecule has 13 aromatic rings. The van der Waals surface area contributed by atoms with Crippen LogP contribution in [0.25, 0.3) is 128 Å². The van der Waals surface area contributed by atoms with Gasteiger partial charge in [0, 0.05) is 55.0 Å². The van der Waals surface area contributed by atoms with Crippen LogP contribution in [0.4, 0.5) is 0 Å². The number of fused-ring (bicyclic) bond motifs is 6. The molecule has 0 N–H and O–H groups in total. The zero-order chi connectivity index (χ0) is 45.7. The van der Waals surface area contributed by atoms with Gasteiger partial charge in [-0.3, -0.25) is 0 Å². The van der Waals surface area contributed by atoms with E-state index >= 15 is 0 Å². The molecule has 0 unspecified atom stereocenters. The highest BCUT2D eigenvalue weighted by Gasteiger charge is 2.20. The molecule has 0 aliphatic carbocycles. The summed E-state index contributed by atoms with van der Waals surface area (Å²) in [5.74, 6) is 1.82. The van der Waals surface area contributed by atoms with Crippen molar-refractivity contribution >= 4 is 43.5 Å². The fraction of sp³-hybridized carbons (Fsp3) is 0. The Morgan fingerprint density at radius 2 is 0.725 bits per heavy atom. The fourth-order valence-electron chi connectivity index (χ4n) is 9.89. The van der Waals surface area contributed by atoms with Gasteiger partial charge in [-0.15, -0.1) is 0 Å². The number of hydrogen-bond acceptors (Lipinski definition) is 4. The van der Waals surface area contributed by atoms with Crippen LogP contribution in [0.15, 0.2) is 249 Å². The van der Waals surface area contributed by atoms with Crippen molar-refractivity contribution in [2.75, 3.05) is 0 Å². The molecule has 13 rings (SSSR count). The standard InChI is InChI=1S/C64H41N5/c1-6-19-42(20-7-1)48-37-49(43-21-8-2-9-22-43)39-50(38-48)64-67-62(46-25-12-4-13-26-46)66-63(68-64)47-35-33-44(34-36-47)52-30-18-31-54-55-41-59-56(40-57(55)60(65-61(52)54)45-23-10-3-11-24-45)53-29-16-17-32-58(53)69(59)51-27-14-5-15-28-51/h1-41H. The molecule has 0 radical (unpaired) electrons. The van der Waals surface area contributed by atoms with Crippen LogP contribution in [0.2, 0.25) is 0 Å². The Kier molecular flexibility index (Phi) is 9.76. The van der Waals surface area contributed by atoms with Crippen LogP contribution in [0, 0.1) is 0 Å². The van der Waals surface area contributed by atoms with E-state index in [9.17, 15) is 0 Å². The second-order valence-corrected chi connectivity index (χ2v) is 17.4. The van der Waals surface area contributed by atoms with Gasteiger partial charge in [-0.1, -0.05) is 200 Å². The van der Waals surface area contributed by atoms with E-state index in [0.29, 0.717) is 17.5 Å². The molecule has 3 heterocycles. The second-order valence-electron chi connectivity index (χ2n) is 17.4. The highest BCUT2D eigenvalue weighted by atomic mass is 15.0. The summed E-state index contributed by atoms with van der Waals surface area (Å²) < 4.78 is 2.39. The van der Waals surface area contributed by atoms with Gasteiger partial charge in [0.1, 0.15) is 0 Å². The summed E-state index contributed by atoms with van der Waals surface area (Å²) in [7, 11) is 0. The fourth-order valence-corrected chi connectivity index (χ4v) is 9.89. The van der Waals surface area contributed by atoms with E-state index in [2.05, 4.69) is 223 Å². The number of nitrogens with zero attached hydrogens (tertiary/aromatic N) is 5. The normalized spacial score (nSPS) is 11.5. The van der Waals surface area contributed by atoms with Crippen LogP contribution < -0.4 is 0 Å². The van der Waals surface area contributed by atoms with Crippen molar-refractivity contribution in [2.24, 2.45) is 0 Å². The van der Waals surface area contributed by atoms with Crippen LogP contribution >= 0.6 is 0 Å². The van der Waals surface area contributed by atoms with Crippen molar-refractivity contribution in [3.63, 3.8) is 0 Å². The first-order chi connectivity index (χ1) is 34.2. The molecule has 0 atom stereocenters. The molecule has 69 heavy (non-hydrogen) atoms. The first kappa shape index (κ1) is 40.0. The van der Waals surface area contributed by atoms with Gasteiger partial charge in [0.2, 0.25) is 0 Å². The van der Waals surface area contributed by atoms with Crippen molar-refractivity contribution in [1.29, 1.82) is 0 Å². The van der Waals surface area contributed by atoms with E-state index in [-0.39, 0.29) is 0 Å². The van der Waals surface area contributed by atoms with E-state index in [1.807, 2.05) is 30.3 Å². The zero-order valence-electron chi connectivity index (χ0n) is 37.4. The number of benzene rings is 10. The topological polar surface area (TPSA) is 56.5 Å². The lowest BCUT2D eigenvalue weighted by atomic mass is 9.94. The third kappa shape index (κ3) is 7.21. The van der Waals surface area contributed by atoms with Crippen molar-refractivity contribution < 1.29 is 0 Å². The van der Waals surface area contributed by atoms with E-state index in [4.69, 9.17) is 19.9 Å². The van der Waals surface area contributed by atoms with Gasteiger partial charge >= 0.3 is 0 Å². The van der Waals surface area contributed by atoms with Crippen LogP contribution in [0.1, 0.15) is 0 Å². The van der Waals surface area contributed by atoms with Gasteiger partial charge < -0.3 is 4.57 Å². The van der Waals surface area contributed by atoms with Crippen molar-refractivity contribution in [2.45, 2.75) is 0 Å². The maximum Gasteiger partial charge on any atom is 0.164 e. The van der Waals surface area contributed by atoms with Crippen molar-refractivity contribution in [1.82, 2.24) is 24.5 Å². The molecule has 0 aliphatic rings. The minimum absolute atomic E-state index is 0.600. The lowest BCUT2D eigenvalue weighted by Gasteiger charge is -2.15. The molecule has 10 aromatic carbocycles. The monoisotopic (exact) mass is 879 g/mol. The van der Waals surface area contributed by atoms with Crippen LogP contribution in [-0.2, 0) is 0 Å². The molecule has 5 nitrogen and oxygen atoms in total. The quantitative estimate of drug-likeness (QED) is 0.143. The van der Waals surface area contributed by atoms with Gasteiger partial charge in [0.15, 0.2) is 17.5 Å². The highest BCUT2D eigenvalue weighted by molar-refractivity contribution is 6.21. The molecule has 322 valence electrons. The number of pyridine rings is 1. The SMILES string of the molecule is c1ccc(-c2cc(-c3ccccc3)cc(-c3nc(-c4ccccc4)nc(-c4ccc(-c5cccc6c5nc(-c5ccccc5)c5cc7c8ccccc8n(-c8ccccc8)c7cc56)cc4)n3)c2)cc1. The summed E-state index contributed by atoms with van der Waals surface area (Å²) in [4.78, 5) is 21.1. The van der Waals surface area contributed by atoms with Gasteiger partial charge in [-0.25, -0.2) is 19.9 Å². The third-order valence-corrected chi connectivity index (χ3v) is 13.2. The average Bonchev–Trinajstić information content (AvgIpc) is 3.76. The highest BCUT2D eigenvalue weighted by Crippen LogP contribution is 2.42. The molecule has 5 heteroatoms. The van der Waals surface area contributed by atoms with Crippen molar-refractivity contribution in [3.05, 3.63) is 249 Å². The minimum Gasteiger partial charge on any atom is -0.309 e. The molecule has 0 amide bonds. The Morgan fingerprint density at radius 3 is 1.35 bits per heavy atom. The molecule has 0 saturated heterocycles. The molecule has 0 spiro atoms. The Bertz CT molecular complexity index is 3960. The largest absolute Gasteiger partial charge is 0.309 e. The number of rotatable bonds is 8. The summed E-state index contributed by atoms with van der Waals surface area (Å²) in [6.07, 6.45) is 0. The Labute approximate surface area is 399 Å². The Morgan fingerprint density at radius 1 is 0.246 bits per heavy atom. The molecule has 0 aliphatic heterocycles. The zero-order valence-corrected chi connectivity index (χ0v) is 37.4. The molecular formula is C64H41N5. The predicted molar refractivity (Wildman–Crippen MR) is 285 cm³/mol. The average molecular weight is 880 g/mol. The minimum atomic E-state index is 0.600. The van der Waals surface area contributed by atoms with Gasteiger partial charge in [-0.2, -0.15) is 0 Å². The van der Waals surface area contributed by atoms with E-state index in [1.165, 1.54) is 16.3 Å². The predicted octanol–water partition coefficient (Wildman–Crippen LogP) is 16.3. The first-order valence-corrected chi connectivity index (χ1v) is 23.3. The third-order valence-electron chi connectivity index (χ3n) is 13.2. The lowest BCUT2D eigenvalue weighted by molar-refractivity contribution is 1.07. The summed E-state index contributed by atoms with van der Waals surface area (Å²) in [5.41, 5.74) is 15.7. The smallest absolute Gasteiger partial charge is 0.164 e.